The summed E-state index contributed by atoms with van der Waals surface area (Å²) < 4.78 is 25.3. The number of thiophene rings is 1. The third-order valence-electron chi connectivity index (χ3n) is 5.26. The van der Waals surface area contributed by atoms with Crippen molar-refractivity contribution >= 4 is 60.5 Å². The zero-order valence-corrected chi connectivity index (χ0v) is 19.0. The van der Waals surface area contributed by atoms with Gasteiger partial charge in [0, 0.05) is 34.1 Å². The van der Waals surface area contributed by atoms with Crippen LogP contribution in [0.4, 0.5) is 0 Å². The molecule has 0 radical (unpaired) electrons. The summed E-state index contributed by atoms with van der Waals surface area (Å²) in [6.45, 7) is 2.29. The van der Waals surface area contributed by atoms with E-state index in [1.807, 2.05) is 13.0 Å². The van der Waals surface area contributed by atoms with Gasteiger partial charge in [0.1, 0.15) is 4.83 Å². The zero-order valence-electron chi connectivity index (χ0n) is 15.9. The van der Waals surface area contributed by atoms with E-state index in [2.05, 4.69) is 5.10 Å². The molecule has 10 heteroatoms. The molecule has 6 nitrogen and oxygen atoms in total. The number of nitrogens with zero attached hydrogens (tertiary/aromatic N) is 3. The lowest BCUT2D eigenvalue weighted by Crippen LogP contribution is -2.37. The Kier molecular flexibility index (Phi) is 5.40. The largest absolute Gasteiger partial charge is 0.337 e. The molecule has 154 valence electrons. The predicted octanol–water partition coefficient (Wildman–Crippen LogP) is 4.02. The van der Waals surface area contributed by atoms with Crippen molar-refractivity contribution in [2.45, 2.75) is 25.9 Å². The summed E-state index contributed by atoms with van der Waals surface area (Å²) in [4.78, 5) is 15.9. The average Bonchev–Trinajstić information content (AvgIpc) is 3.32. The number of hydrogen-bond acceptors (Lipinski definition) is 5. The highest BCUT2D eigenvalue weighted by atomic mass is 35.5. The minimum atomic E-state index is -3.06. The third-order valence-corrected chi connectivity index (χ3v) is 8.86. The van der Waals surface area contributed by atoms with Gasteiger partial charge in [0.05, 0.1) is 28.6 Å². The maximum absolute atomic E-state index is 13.0. The molecular formula is C19H19Cl2N3O3S2. The molecule has 1 aliphatic heterocycles. The number of halogens is 2. The van der Waals surface area contributed by atoms with E-state index in [9.17, 15) is 13.2 Å². The first kappa shape index (κ1) is 20.7. The molecular weight excluding hydrogens is 453 g/mol. The molecule has 0 aliphatic carbocycles. The topological polar surface area (TPSA) is 72.3 Å². The molecule has 0 N–H and O–H groups in total. The number of sulfone groups is 1. The Labute approximate surface area is 182 Å². The first-order valence-corrected chi connectivity index (χ1v) is 12.4. The molecule has 2 aromatic heterocycles. The van der Waals surface area contributed by atoms with Crippen molar-refractivity contribution < 1.29 is 13.2 Å². The number of carbonyl (C=O) groups excluding carboxylic acids is 1. The number of hydrogen-bond donors (Lipinski definition) is 0. The molecule has 1 saturated heterocycles. The van der Waals surface area contributed by atoms with Crippen molar-refractivity contribution in [3.63, 3.8) is 0 Å². The highest BCUT2D eigenvalue weighted by Gasteiger charge is 2.33. The van der Waals surface area contributed by atoms with E-state index in [0.29, 0.717) is 27.9 Å². The van der Waals surface area contributed by atoms with Gasteiger partial charge in [0.15, 0.2) is 9.84 Å². The Hall–Kier alpha value is -1.61. The second-order valence-electron chi connectivity index (χ2n) is 7.25. The van der Waals surface area contributed by atoms with Crippen molar-refractivity contribution in [1.82, 2.24) is 14.7 Å². The van der Waals surface area contributed by atoms with Gasteiger partial charge in [-0.3, -0.25) is 4.79 Å². The summed E-state index contributed by atoms with van der Waals surface area (Å²) in [5.74, 6) is -0.0122. The van der Waals surface area contributed by atoms with Gasteiger partial charge in [0.25, 0.3) is 5.91 Å². The van der Waals surface area contributed by atoms with Crippen LogP contribution in [0.25, 0.3) is 10.2 Å². The van der Waals surface area contributed by atoms with Crippen LogP contribution in [-0.4, -0.2) is 53.6 Å². The van der Waals surface area contributed by atoms with Gasteiger partial charge >= 0.3 is 0 Å². The molecule has 0 spiro atoms. The third kappa shape index (κ3) is 3.91. The molecule has 1 aliphatic rings. The molecule has 1 aromatic carbocycles. The molecule has 1 fully saturated rings. The number of aromatic nitrogens is 2. The van der Waals surface area contributed by atoms with Crippen molar-refractivity contribution in [2.24, 2.45) is 0 Å². The Balaban J connectivity index is 1.65. The second-order valence-corrected chi connectivity index (χ2v) is 11.3. The number of aryl methyl sites for hydroxylation is 1. The van der Waals surface area contributed by atoms with E-state index in [1.165, 1.54) is 11.3 Å². The van der Waals surface area contributed by atoms with E-state index < -0.39 is 9.84 Å². The quantitative estimate of drug-likeness (QED) is 0.575. The first-order chi connectivity index (χ1) is 13.7. The number of rotatable bonds is 4. The second kappa shape index (κ2) is 7.58. The van der Waals surface area contributed by atoms with Crippen LogP contribution < -0.4 is 0 Å². The molecule has 1 unspecified atom stereocenters. The van der Waals surface area contributed by atoms with Crippen molar-refractivity contribution in [3.05, 3.63) is 50.4 Å². The van der Waals surface area contributed by atoms with E-state index in [1.54, 1.807) is 34.8 Å². The van der Waals surface area contributed by atoms with Crippen molar-refractivity contribution in [2.75, 3.05) is 18.6 Å². The summed E-state index contributed by atoms with van der Waals surface area (Å²) in [6.07, 6.45) is 0.479. The highest BCUT2D eigenvalue weighted by molar-refractivity contribution is 7.91. The highest BCUT2D eigenvalue weighted by Crippen LogP contribution is 2.32. The summed E-state index contributed by atoms with van der Waals surface area (Å²) in [5, 5.41) is 6.60. The van der Waals surface area contributed by atoms with Crippen LogP contribution >= 0.6 is 34.5 Å². The van der Waals surface area contributed by atoms with E-state index >= 15 is 0 Å². The summed E-state index contributed by atoms with van der Waals surface area (Å²) in [7, 11) is -1.39. The number of fused-ring (bicyclic) bond motifs is 1. The fourth-order valence-corrected chi connectivity index (χ4v) is 7.01. The van der Waals surface area contributed by atoms with Crippen LogP contribution in [0.5, 0.6) is 0 Å². The zero-order chi connectivity index (χ0) is 20.9. The molecule has 0 saturated carbocycles. The Morgan fingerprint density at radius 2 is 2.03 bits per heavy atom. The van der Waals surface area contributed by atoms with Crippen LogP contribution in [0.1, 0.15) is 27.3 Å². The predicted molar refractivity (Wildman–Crippen MR) is 117 cm³/mol. The van der Waals surface area contributed by atoms with Gasteiger partial charge < -0.3 is 4.90 Å². The normalized spacial score (nSPS) is 18.4. The lowest BCUT2D eigenvalue weighted by molar-refractivity contribution is 0.0752. The smallest absolute Gasteiger partial charge is 0.264 e. The summed E-state index contributed by atoms with van der Waals surface area (Å²) >= 11 is 13.9. The van der Waals surface area contributed by atoms with E-state index in [0.717, 1.165) is 21.5 Å². The molecule has 4 rings (SSSR count). The SMILES string of the molecule is Cc1nn(Cc2c(Cl)cccc2Cl)c2sc(C(=O)N(C)C3CCS(=O)(=O)C3)cc12. The Morgan fingerprint density at radius 3 is 2.66 bits per heavy atom. The van der Waals surface area contributed by atoms with Gasteiger partial charge in [-0.15, -0.1) is 11.3 Å². The number of benzene rings is 1. The Morgan fingerprint density at radius 1 is 1.34 bits per heavy atom. The van der Waals surface area contributed by atoms with Crippen molar-refractivity contribution in [3.8, 4) is 0 Å². The van der Waals surface area contributed by atoms with Gasteiger partial charge in [-0.2, -0.15) is 5.10 Å². The number of amides is 1. The van der Waals surface area contributed by atoms with Gasteiger partial charge in [-0.1, -0.05) is 29.3 Å². The van der Waals surface area contributed by atoms with E-state index in [-0.39, 0.29) is 23.5 Å². The Bertz CT molecular complexity index is 1200. The molecule has 29 heavy (non-hydrogen) atoms. The van der Waals surface area contributed by atoms with Crippen LogP contribution in [0.2, 0.25) is 10.0 Å². The van der Waals surface area contributed by atoms with Crippen LogP contribution in [0.3, 0.4) is 0 Å². The van der Waals surface area contributed by atoms with Gasteiger partial charge in [-0.05, 0) is 31.5 Å². The van der Waals surface area contributed by atoms with Crippen LogP contribution in [0.15, 0.2) is 24.3 Å². The fraction of sp³-hybridized carbons (Fsp3) is 0.368. The van der Waals surface area contributed by atoms with Crippen LogP contribution in [-0.2, 0) is 16.4 Å². The maximum atomic E-state index is 13.0. The molecule has 1 amide bonds. The molecule has 0 bridgehead atoms. The average molecular weight is 472 g/mol. The fourth-order valence-electron chi connectivity index (χ4n) is 3.58. The van der Waals surface area contributed by atoms with Gasteiger partial charge in [-0.25, -0.2) is 13.1 Å². The summed E-state index contributed by atoms with van der Waals surface area (Å²) in [6, 6.07) is 6.90. The minimum absolute atomic E-state index is 0.0257. The minimum Gasteiger partial charge on any atom is -0.337 e. The maximum Gasteiger partial charge on any atom is 0.264 e. The monoisotopic (exact) mass is 471 g/mol. The molecule has 3 aromatic rings. The molecule has 1 atom stereocenters. The lowest BCUT2D eigenvalue weighted by atomic mass is 10.2. The van der Waals surface area contributed by atoms with Crippen molar-refractivity contribution in [1.29, 1.82) is 0 Å². The number of carbonyl (C=O) groups is 1. The lowest BCUT2D eigenvalue weighted by Gasteiger charge is -2.22. The van der Waals surface area contributed by atoms with Crippen LogP contribution in [0, 0.1) is 6.92 Å². The van der Waals surface area contributed by atoms with Gasteiger partial charge in [0.2, 0.25) is 0 Å². The summed E-state index contributed by atoms with van der Waals surface area (Å²) in [5.41, 5.74) is 1.58. The standard InChI is InChI=1S/C19H19Cl2N3O3S2/c1-11-13-8-17(18(25)23(2)12-6-7-29(26,27)10-12)28-19(13)24(22-11)9-14-15(20)4-3-5-16(14)21/h3-5,8,12H,6-7,9-10H2,1-2H3. The molecule has 3 heterocycles. The first-order valence-electron chi connectivity index (χ1n) is 9.03. The van der Waals surface area contributed by atoms with E-state index in [4.69, 9.17) is 23.2 Å².